The lowest BCUT2D eigenvalue weighted by Gasteiger charge is -2.00. The molecule has 1 rings (SSSR count). The van der Waals surface area contributed by atoms with Gasteiger partial charge in [-0.3, -0.25) is 0 Å². The minimum absolute atomic E-state index is 1.35. The van der Waals surface area contributed by atoms with Gasteiger partial charge < -0.3 is 0 Å². The molecule has 0 spiro atoms. The molecule has 0 radical (unpaired) electrons. The lowest BCUT2D eigenvalue weighted by Crippen LogP contribution is -1.82. The smallest absolute Gasteiger partial charge is 0.00458 e. The van der Waals surface area contributed by atoms with Gasteiger partial charge in [0.2, 0.25) is 0 Å². The highest BCUT2D eigenvalue weighted by molar-refractivity contribution is 7.09. The fourth-order valence-electron chi connectivity index (χ4n) is 1.16. The molecule has 0 aliphatic carbocycles. The van der Waals surface area contributed by atoms with Crippen molar-refractivity contribution >= 4 is 11.3 Å². The Labute approximate surface area is 84.6 Å². The molecular weight excluding hydrogens is 176 g/mol. The summed E-state index contributed by atoms with van der Waals surface area (Å²) in [5.41, 5.74) is 4.15. The molecule has 0 aromatic carbocycles. The third-order valence-electron chi connectivity index (χ3n) is 2.46. The predicted octanol–water partition coefficient (Wildman–Crippen LogP) is 4.11. The van der Waals surface area contributed by atoms with Gasteiger partial charge in [0.15, 0.2) is 0 Å². The van der Waals surface area contributed by atoms with Crippen LogP contribution in [-0.4, -0.2) is 0 Å². The zero-order valence-corrected chi connectivity index (χ0v) is 9.53. The van der Waals surface area contributed by atoms with Gasteiger partial charge in [-0.15, -0.1) is 11.3 Å². The maximum atomic E-state index is 2.19. The molecule has 1 aromatic heterocycles. The van der Waals surface area contributed by atoms with Crippen LogP contribution in [0.1, 0.15) is 21.6 Å². The van der Waals surface area contributed by atoms with E-state index in [1.165, 1.54) is 21.6 Å². The SMILES string of the molecule is Cc1ccccsc(C)c(C)c1C. The first-order valence-electron chi connectivity index (χ1n) is 4.48. The van der Waals surface area contributed by atoms with Gasteiger partial charge in [0.25, 0.3) is 0 Å². The molecule has 0 saturated heterocycles. The van der Waals surface area contributed by atoms with Crippen LogP contribution in [-0.2, 0) is 0 Å². The number of hydrogen-bond acceptors (Lipinski definition) is 1. The van der Waals surface area contributed by atoms with Crippen molar-refractivity contribution in [3.05, 3.63) is 45.1 Å². The van der Waals surface area contributed by atoms with Gasteiger partial charge in [-0.25, -0.2) is 0 Å². The molecule has 70 valence electrons. The average Bonchev–Trinajstić information content (AvgIpc) is 2.16. The Morgan fingerprint density at radius 3 is 2.31 bits per heavy atom. The maximum Gasteiger partial charge on any atom is 0.00458 e. The second-order valence-electron chi connectivity index (χ2n) is 3.29. The summed E-state index contributed by atoms with van der Waals surface area (Å²) in [4.78, 5) is 1.39. The number of hydrogen-bond donors (Lipinski definition) is 0. The summed E-state index contributed by atoms with van der Waals surface area (Å²) < 4.78 is 0. The van der Waals surface area contributed by atoms with Crippen LogP contribution in [0.2, 0.25) is 0 Å². The molecule has 0 aliphatic heterocycles. The Bertz CT molecular complexity index is 313. The Kier molecular flexibility index (Phi) is 3.49. The van der Waals surface area contributed by atoms with E-state index in [9.17, 15) is 0 Å². The molecule has 0 unspecified atom stereocenters. The first-order valence-corrected chi connectivity index (χ1v) is 5.36. The molecule has 1 heterocycles. The van der Waals surface area contributed by atoms with Gasteiger partial charge in [-0.1, -0.05) is 18.2 Å². The summed E-state index contributed by atoms with van der Waals surface area (Å²) in [5, 5.41) is 2.13. The van der Waals surface area contributed by atoms with Gasteiger partial charge in [0.05, 0.1) is 0 Å². The lowest BCUT2D eigenvalue weighted by atomic mass is 10.1. The van der Waals surface area contributed by atoms with Crippen molar-refractivity contribution in [1.29, 1.82) is 0 Å². The molecule has 13 heavy (non-hydrogen) atoms. The van der Waals surface area contributed by atoms with E-state index in [0.717, 1.165) is 0 Å². The van der Waals surface area contributed by atoms with Crippen LogP contribution >= 0.6 is 11.3 Å². The molecule has 0 N–H and O–H groups in total. The van der Waals surface area contributed by atoms with Crippen molar-refractivity contribution in [1.82, 2.24) is 0 Å². The van der Waals surface area contributed by atoms with Gasteiger partial charge in [-0.2, -0.15) is 0 Å². The first kappa shape index (κ1) is 10.3. The summed E-state index contributed by atoms with van der Waals surface area (Å²) in [7, 11) is 0. The van der Waals surface area contributed by atoms with Crippen molar-refractivity contribution in [2.75, 3.05) is 0 Å². The third kappa shape index (κ3) is 2.56. The number of aryl methyl sites for hydroxylation is 2. The largest absolute Gasteiger partial charge is 0.149 e. The minimum Gasteiger partial charge on any atom is -0.149 e. The van der Waals surface area contributed by atoms with E-state index in [-0.39, 0.29) is 0 Å². The lowest BCUT2D eigenvalue weighted by molar-refractivity contribution is 1.27. The normalized spacial score (nSPS) is 9.54. The monoisotopic (exact) mass is 192 g/mol. The van der Waals surface area contributed by atoms with E-state index in [0.29, 0.717) is 0 Å². The predicted molar refractivity (Wildman–Crippen MR) is 60.9 cm³/mol. The summed E-state index contributed by atoms with van der Waals surface area (Å²) in [6, 6.07) is 6.34. The van der Waals surface area contributed by atoms with Crippen LogP contribution < -0.4 is 0 Å². The quantitative estimate of drug-likeness (QED) is 0.580. The van der Waals surface area contributed by atoms with Gasteiger partial charge in [0.1, 0.15) is 0 Å². The maximum absolute atomic E-state index is 2.19. The van der Waals surface area contributed by atoms with E-state index in [4.69, 9.17) is 0 Å². The molecule has 0 saturated carbocycles. The standard InChI is InChI=1S/C12H16S/c1-9-7-5-6-8-13-12(4)11(3)10(9)2/h5-8H,1-4H3. The fourth-order valence-corrected chi connectivity index (χ4v) is 1.86. The van der Waals surface area contributed by atoms with Gasteiger partial charge >= 0.3 is 0 Å². The summed E-state index contributed by atoms with van der Waals surface area (Å²) in [6.45, 7) is 8.71. The summed E-state index contributed by atoms with van der Waals surface area (Å²) in [5.74, 6) is 0. The van der Waals surface area contributed by atoms with Gasteiger partial charge in [-0.05, 0) is 49.8 Å². The van der Waals surface area contributed by atoms with Crippen LogP contribution in [0.3, 0.4) is 0 Å². The topological polar surface area (TPSA) is 0 Å². The fraction of sp³-hybridized carbons (Fsp3) is 0.333. The third-order valence-corrected chi connectivity index (χ3v) is 3.42. The van der Waals surface area contributed by atoms with Crippen molar-refractivity contribution in [2.45, 2.75) is 27.7 Å². The highest BCUT2D eigenvalue weighted by Gasteiger charge is 1.95. The van der Waals surface area contributed by atoms with E-state index in [1.54, 1.807) is 11.3 Å². The van der Waals surface area contributed by atoms with Crippen molar-refractivity contribution in [2.24, 2.45) is 0 Å². The molecule has 0 amide bonds. The summed E-state index contributed by atoms with van der Waals surface area (Å²) in [6.07, 6.45) is 0. The Hall–Kier alpha value is -0.820. The first-order chi connectivity index (χ1) is 6.13. The second-order valence-corrected chi connectivity index (χ2v) is 4.41. The average molecular weight is 192 g/mol. The highest BCUT2D eigenvalue weighted by Crippen LogP contribution is 2.15. The summed E-state index contributed by atoms with van der Waals surface area (Å²) >= 11 is 1.79. The number of rotatable bonds is 0. The van der Waals surface area contributed by atoms with E-state index in [1.807, 2.05) is 0 Å². The Balaban J connectivity index is 3.56. The molecule has 1 aromatic rings. The van der Waals surface area contributed by atoms with E-state index < -0.39 is 0 Å². The second kappa shape index (κ2) is 4.43. The zero-order chi connectivity index (χ0) is 9.84. The molecule has 0 fully saturated rings. The van der Waals surface area contributed by atoms with Crippen molar-refractivity contribution in [3.63, 3.8) is 0 Å². The molecular formula is C12H16S. The van der Waals surface area contributed by atoms with Gasteiger partial charge in [0, 0.05) is 4.88 Å². The zero-order valence-electron chi connectivity index (χ0n) is 8.72. The van der Waals surface area contributed by atoms with E-state index >= 15 is 0 Å². The highest BCUT2D eigenvalue weighted by atomic mass is 32.1. The molecule has 0 atom stereocenters. The Morgan fingerprint density at radius 1 is 0.923 bits per heavy atom. The van der Waals surface area contributed by atoms with Crippen LogP contribution in [0.5, 0.6) is 0 Å². The molecule has 0 nitrogen and oxygen atoms in total. The van der Waals surface area contributed by atoms with Crippen LogP contribution in [0.15, 0.2) is 23.6 Å². The van der Waals surface area contributed by atoms with Crippen LogP contribution in [0.25, 0.3) is 0 Å². The van der Waals surface area contributed by atoms with Crippen LogP contribution in [0.4, 0.5) is 0 Å². The minimum atomic E-state index is 1.35. The Morgan fingerprint density at radius 2 is 1.62 bits per heavy atom. The van der Waals surface area contributed by atoms with Crippen molar-refractivity contribution < 1.29 is 0 Å². The van der Waals surface area contributed by atoms with Crippen LogP contribution in [0, 0.1) is 27.7 Å². The van der Waals surface area contributed by atoms with E-state index in [2.05, 4.69) is 51.3 Å². The van der Waals surface area contributed by atoms with Crippen molar-refractivity contribution in [3.8, 4) is 0 Å². The molecule has 0 aliphatic rings. The molecule has 1 heteroatoms. The molecule has 0 bridgehead atoms.